The second-order valence-corrected chi connectivity index (χ2v) is 4.16. The number of aromatic nitrogens is 1. The van der Waals surface area contributed by atoms with Gasteiger partial charge in [-0.1, -0.05) is 18.2 Å². The number of fused-ring (bicyclic) bond motifs is 1. The normalized spacial score (nSPS) is 12.3. The molecular weight excluding hydrogens is 248 g/mol. The highest BCUT2D eigenvalue weighted by Crippen LogP contribution is 2.24. The first-order valence-corrected chi connectivity index (χ1v) is 5.71. The maximum absolute atomic E-state index is 11.7. The van der Waals surface area contributed by atoms with E-state index in [-0.39, 0.29) is 12.1 Å². The van der Waals surface area contributed by atoms with Crippen molar-refractivity contribution in [3.63, 3.8) is 0 Å². The lowest BCUT2D eigenvalue weighted by Crippen LogP contribution is -2.32. The lowest BCUT2D eigenvalue weighted by atomic mass is 10.0. The van der Waals surface area contributed by atoms with E-state index in [4.69, 9.17) is 15.6 Å². The molecule has 0 fully saturated rings. The van der Waals surface area contributed by atoms with Gasteiger partial charge in [-0.2, -0.15) is 0 Å². The van der Waals surface area contributed by atoms with E-state index in [1.54, 1.807) is 6.07 Å². The van der Waals surface area contributed by atoms with Crippen molar-refractivity contribution in [2.24, 2.45) is 5.73 Å². The molecule has 19 heavy (non-hydrogen) atoms. The Morgan fingerprint density at radius 3 is 2.74 bits per heavy atom. The summed E-state index contributed by atoms with van der Waals surface area (Å²) in [7, 11) is 1.27. The summed E-state index contributed by atoms with van der Waals surface area (Å²) >= 11 is 0. The Balaban J connectivity index is 2.54. The molecular formula is C13H14N2O4. The first-order chi connectivity index (χ1) is 9.04. The number of esters is 1. The standard InChI is InChI=1S/C13H14N2O4/c1-19-13(18)11-8(6-9(14)12(16)17)7-4-2-3-5-10(7)15-11/h2-5,9,15H,6,14H2,1H3,(H,16,17). The zero-order chi connectivity index (χ0) is 14.0. The predicted molar refractivity (Wildman–Crippen MR) is 69.0 cm³/mol. The fourth-order valence-corrected chi connectivity index (χ4v) is 2.00. The summed E-state index contributed by atoms with van der Waals surface area (Å²) in [6.45, 7) is 0. The number of hydrogen-bond acceptors (Lipinski definition) is 4. The van der Waals surface area contributed by atoms with E-state index in [9.17, 15) is 9.59 Å². The van der Waals surface area contributed by atoms with Crippen molar-refractivity contribution in [1.82, 2.24) is 4.98 Å². The molecule has 0 saturated carbocycles. The number of rotatable bonds is 4. The van der Waals surface area contributed by atoms with Gasteiger partial charge in [0.25, 0.3) is 0 Å². The van der Waals surface area contributed by atoms with Gasteiger partial charge in [0.2, 0.25) is 0 Å². The number of ether oxygens (including phenoxy) is 1. The summed E-state index contributed by atoms with van der Waals surface area (Å²) in [6, 6.07) is 6.18. The van der Waals surface area contributed by atoms with Crippen LogP contribution in [0, 0.1) is 0 Å². The van der Waals surface area contributed by atoms with Gasteiger partial charge in [-0.15, -0.1) is 0 Å². The number of aromatic amines is 1. The van der Waals surface area contributed by atoms with Crippen LogP contribution in [0.15, 0.2) is 24.3 Å². The van der Waals surface area contributed by atoms with Gasteiger partial charge in [0.1, 0.15) is 11.7 Å². The molecule has 0 aliphatic rings. The topological polar surface area (TPSA) is 105 Å². The van der Waals surface area contributed by atoms with E-state index < -0.39 is 18.0 Å². The molecule has 1 unspecified atom stereocenters. The van der Waals surface area contributed by atoms with Crippen molar-refractivity contribution in [3.05, 3.63) is 35.5 Å². The molecule has 1 aromatic carbocycles. The van der Waals surface area contributed by atoms with Gasteiger partial charge in [-0.3, -0.25) is 4.79 Å². The average molecular weight is 262 g/mol. The van der Waals surface area contributed by atoms with Crippen LogP contribution in [0.4, 0.5) is 0 Å². The number of carboxylic acid groups (broad SMARTS) is 1. The molecule has 1 heterocycles. The highest BCUT2D eigenvalue weighted by Gasteiger charge is 2.22. The first-order valence-electron chi connectivity index (χ1n) is 5.71. The van der Waals surface area contributed by atoms with Crippen LogP contribution in [-0.2, 0) is 16.0 Å². The molecule has 6 nitrogen and oxygen atoms in total. The van der Waals surface area contributed by atoms with Crippen molar-refractivity contribution >= 4 is 22.8 Å². The number of carbonyl (C=O) groups excluding carboxylic acids is 1. The van der Waals surface area contributed by atoms with Gasteiger partial charge in [0.15, 0.2) is 0 Å². The summed E-state index contributed by atoms with van der Waals surface area (Å²) < 4.78 is 4.69. The van der Waals surface area contributed by atoms with Crippen LogP contribution >= 0.6 is 0 Å². The number of H-pyrrole nitrogens is 1. The van der Waals surface area contributed by atoms with Gasteiger partial charge >= 0.3 is 11.9 Å². The van der Waals surface area contributed by atoms with E-state index in [1.807, 2.05) is 18.2 Å². The summed E-state index contributed by atoms with van der Waals surface area (Å²) in [5.74, 6) is -1.65. The Kier molecular flexibility index (Phi) is 3.52. The quantitative estimate of drug-likeness (QED) is 0.710. The van der Waals surface area contributed by atoms with Crippen LogP contribution in [0.1, 0.15) is 16.1 Å². The summed E-state index contributed by atoms with van der Waals surface area (Å²) in [4.78, 5) is 25.5. The zero-order valence-corrected chi connectivity index (χ0v) is 10.3. The maximum atomic E-state index is 11.7. The monoisotopic (exact) mass is 262 g/mol. The largest absolute Gasteiger partial charge is 0.480 e. The van der Waals surface area contributed by atoms with E-state index in [1.165, 1.54) is 7.11 Å². The molecule has 0 radical (unpaired) electrons. The number of nitrogens with one attached hydrogen (secondary N) is 1. The van der Waals surface area contributed by atoms with Gasteiger partial charge in [-0.05, 0) is 11.6 Å². The molecule has 6 heteroatoms. The molecule has 2 aromatic rings. The van der Waals surface area contributed by atoms with Crippen molar-refractivity contribution in [2.45, 2.75) is 12.5 Å². The molecule has 0 amide bonds. The molecule has 0 bridgehead atoms. The number of hydrogen-bond donors (Lipinski definition) is 3. The third-order valence-corrected chi connectivity index (χ3v) is 2.94. The molecule has 0 saturated heterocycles. The Morgan fingerprint density at radius 1 is 1.42 bits per heavy atom. The maximum Gasteiger partial charge on any atom is 0.354 e. The van der Waals surface area contributed by atoms with Crippen molar-refractivity contribution in [1.29, 1.82) is 0 Å². The minimum atomic E-state index is -1.11. The Bertz CT molecular complexity index is 633. The minimum absolute atomic E-state index is 0.0593. The summed E-state index contributed by atoms with van der Waals surface area (Å²) in [5, 5.41) is 9.67. The third kappa shape index (κ3) is 2.43. The third-order valence-electron chi connectivity index (χ3n) is 2.94. The Morgan fingerprint density at radius 2 is 2.11 bits per heavy atom. The highest BCUT2D eigenvalue weighted by molar-refractivity contribution is 5.98. The number of para-hydroxylation sites is 1. The van der Waals surface area contributed by atoms with Gasteiger partial charge < -0.3 is 20.6 Å². The second-order valence-electron chi connectivity index (χ2n) is 4.16. The van der Waals surface area contributed by atoms with Crippen molar-refractivity contribution in [3.8, 4) is 0 Å². The van der Waals surface area contributed by atoms with Crippen LogP contribution in [0.3, 0.4) is 0 Å². The van der Waals surface area contributed by atoms with Crippen LogP contribution in [-0.4, -0.2) is 35.2 Å². The summed E-state index contributed by atoms with van der Waals surface area (Å²) in [5.41, 5.74) is 7.11. The van der Waals surface area contributed by atoms with Crippen LogP contribution in [0.5, 0.6) is 0 Å². The lowest BCUT2D eigenvalue weighted by Gasteiger charge is -2.07. The SMILES string of the molecule is COC(=O)c1[nH]c2ccccc2c1CC(N)C(=O)O. The minimum Gasteiger partial charge on any atom is -0.480 e. The zero-order valence-electron chi connectivity index (χ0n) is 10.3. The first kappa shape index (κ1) is 13.1. The predicted octanol–water partition coefficient (Wildman–Crippen LogP) is 0.909. The Labute approximate surface area is 109 Å². The fraction of sp³-hybridized carbons (Fsp3) is 0.231. The van der Waals surface area contributed by atoms with E-state index in [0.29, 0.717) is 5.56 Å². The van der Waals surface area contributed by atoms with Crippen LogP contribution < -0.4 is 5.73 Å². The van der Waals surface area contributed by atoms with Crippen molar-refractivity contribution in [2.75, 3.05) is 7.11 Å². The van der Waals surface area contributed by atoms with Gasteiger partial charge in [-0.25, -0.2) is 4.79 Å². The van der Waals surface area contributed by atoms with E-state index >= 15 is 0 Å². The van der Waals surface area contributed by atoms with Gasteiger partial charge in [0, 0.05) is 17.3 Å². The molecule has 0 spiro atoms. The molecule has 4 N–H and O–H groups in total. The number of methoxy groups -OCH3 is 1. The molecule has 2 rings (SSSR count). The van der Waals surface area contributed by atoms with Crippen molar-refractivity contribution < 1.29 is 19.4 Å². The number of carboxylic acids is 1. The van der Waals surface area contributed by atoms with E-state index in [2.05, 4.69) is 4.98 Å². The fourth-order valence-electron chi connectivity index (χ4n) is 2.00. The molecule has 1 atom stereocenters. The molecule has 0 aliphatic carbocycles. The molecule has 100 valence electrons. The molecule has 0 aliphatic heterocycles. The number of aliphatic carboxylic acids is 1. The average Bonchev–Trinajstić information content (AvgIpc) is 2.77. The highest BCUT2D eigenvalue weighted by atomic mass is 16.5. The number of nitrogens with two attached hydrogens (primary N) is 1. The molecule has 1 aromatic heterocycles. The second kappa shape index (κ2) is 5.11. The summed E-state index contributed by atoms with van der Waals surface area (Å²) in [6.07, 6.45) is 0.0593. The smallest absolute Gasteiger partial charge is 0.354 e. The van der Waals surface area contributed by atoms with Crippen LogP contribution in [0.2, 0.25) is 0 Å². The number of carbonyl (C=O) groups is 2. The van der Waals surface area contributed by atoms with Crippen LogP contribution in [0.25, 0.3) is 10.9 Å². The number of benzene rings is 1. The van der Waals surface area contributed by atoms with E-state index in [0.717, 1.165) is 10.9 Å². The lowest BCUT2D eigenvalue weighted by molar-refractivity contribution is -0.138. The Hall–Kier alpha value is -2.34. The van der Waals surface area contributed by atoms with Gasteiger partial charge in [0.05, 0.1) is 7.11 Å².